The highest BCUT2D eigenvalue weighted by molar-refractivity contribution is 5.79. The number of H-pyrrole nitrogens is 1. The van der Waals surface area contributed by atoms with Gasteiger partial charge in [0.2, 0.25) is 0 Å². The molecule has 0 spiro atoms. The molecule has 1 aromatic carbocycles. The van der Waals surface area contributed by atoms with Crippen molar-refractivity contribution in [3.63, 3.8) is 0 Å². The Bertz CT molecular complexity index is 1070. The Morgan fingerprint density at radius 2 is 1.82 bits per heavy atom. The van der Waals surface area contributed by atoms with E-state index in [4.69, 9.17) is 9.97 Å². The number of hydrogen-bond donors (Lipinski definition) is 1. The number of likely N-dealkylation sites (tertiary alicyclic amines) is 1. The van der Waals surface area contributed by atoms with Crippen LogP contribution in [-0.4, -0.2) is 76.1 Å². The number of nitrogens with one attached hydrogen (secondary N) is 1. The summed E-state index contributed by atoms with van der Waals surface area (Å²) < 4.78 is 0. The fourth-order valence-electron chi connectivity index (χ4n) is 5.43. The maximum atomic E-state index is 5.02. The van der Waals surface area contributed by atoms with Crippen LogP contribution in [0.4, 0.5) is 5.82 Å². The normalized spacial score (nSPS) is 19.5. The third kappa shape index (κ3) is 4.92. The van der Waals surface area contributed by atoms with Crippen LogP contribution >= 0.6 is 0 Å². The minimum absolute atomic E-state index is 0.671. The largest absolute Gasteiger partial charge is 0.355 e. The van der Waals surface area contributed by atoms with E-state index in [2.05, 4.69) is 76.9 Å². The first-order valence-electron chi connectivity index (χ1n) is 12.8. The molecule has 2 aromatic heterocycles. The zero-order valence-corrected chi connectivity index (χ0v) is 20.4. The molecule has 3 aromatic rings. The van der Waals surface area contributed by atoms with Crippen molar-refractivity contribution in [2.45, 2.75) is 58.5 Å². The number of fused-ring (bicyclic) bond motifs is 1. The highest BCUT2D eigenvalue weighted by Crippen LogP contribution is 2.24. The van der Waals surface area contributed by atoms with Crippen LogP contribution < -0.4 is 4.90 Å². The number of benzene rings is 1. The summed E-state index contributed by atoms with van der Waals surface area (Å²) in [5, 5.41) is 0. The molecule has 0 aliphatic carbocycles. The fraction of sp³-hybridized carbons (Fsp3) is 0.556. The molecular formula is C27H38N6. The Kier molecular flexibility index (Phi) is 6.65. The number of hydrogen-bond acceptors (Lipinski definition) is 5. The van der Waals surface area contributed by atoms with Gasteiger partial charge in [0, 0.05) is 38.3 Å². The summed E-state index contributed by atoms with van der Waals surface area (Å²) in [6.45, 7) is 13.7. The Morgan fingerprint density at radius 3 is 2.61 bits per heavy atom. The molecule has 33 heavy (non-hydrogen) atoms. The highest BCUT2D eigenvalue weighted by Gasteiger charge is 2.27. The van der Waals surface area contributed by atoms with E-state index >= 15 is 0 Å². The van der Waals surface area contributed by atoms with E-state index < -0.39 is 0 Å². The van der Waals surface area contributed by atoms with Gasteiger partial charge < -0.3 is 14.8 Å². The first kappa shape index (κ1) is 22.4. The summed E-state index contributed by atoms with van der Waals surface area (Å²) in [4.78, 5) is 21.1. The zero-order chi connectivity index (χ0) is 22.8. The van der Waals surface area contributed by atoms with Gasteiger partial charge in [-0.15, -0.1) is 0 Å². The Hall–Kier alpha value is -2.44. The van der Waals surface area contributed by atoms with Crippen molar-refractivity contribution in [3.05, 3.63) is 42.0 Å². The maximum Gasteiger partial charge on any atom is 0.157 e. The van der Waals surface area contributed by atoms with E-state index in [1.807, 2.05) is 0 Å². The maximum absolute atomic E-state index is 5.02. The number of nitrogens with zero attached hydrogens (tertiary/aromatic N) is 5. The molecule has 6 heteroatoms. The van der Waals surface area contributed by atoms with Crippen LogP contribution in [0.25, 0.3) is 22.6 Å². The van der Waals surface area contributed by atoms with Gasteiger partial charge in [0.05, 0.1) is 11.0 Å². The van der Waals surface area contributed by atoms with Crippen LogP contribution in [0, 0.1) is 0 Å². The van der Waals surface area contributed by atoms with E-state index in [9.17, 15) is 0 Å². The molecule has 0 bridgehead atoms. The van der Waals surface area contributed by atoms with Crippen LogP contribution in [0.15, 0.2) is 36.4 Å². The smallest absolute Gasteiger partial charge is 0.157 e. The van der Waals surface area contributed by atoms with Gasteiger partial charge in [0.1, 0.15) is 11.5 Å². The molecule has 1 N–H and O–H groups in total. The van der Waals surface area contributed by atoms with Crippen molar-refractivity contribution in [2.75, 3.05) is 44.2 Å². The molecule has 0 radical (unpaired) electrons. The van der Waals surface area contributed by atoms with Crippen LogP contribution in [-0.2, 0) is 6.42 Å². The van der Waals surface area contributed by atoms with Crippen molar-refractivity contribution in [1.29, 1.82) is 0 Å². The van der Waals surface area contributed by atoms with E-state index in [1.165, 1.54) is 44.5 Å². The first-order chi connectivity index (χ1) is 16.1. The minimum Gasteiger partial charge on any atom is -0.355 e. The first-order valence-corrected chi connectivity index (χ1v) is 12.8. The summed E-state index contributed by atoms with van der Waals surface area (Å²) in [5.41, 5.74) is 4.33. The SMILES string of the molecule is CCc1ccc2nc(-c3cccc(N4CCCN(C5CCN(C(C)C)CC5)CC4)n3)[nH]c2c1. The van der Waals surface area contributed by atoms with Gasteiger partial charge in [0.25, 0.3) is 0 Å². The van der Waals surface area contributed by atoms with Crippen molar-refractivity contribution < 1.29 is 0 Å². The van der Waals surface area contributed by atoms with Crippen LogP contribution in [0.2, 0.25) is 0 Å². The van der Waals surface area contributed by atoms with Crippen LogP contribution in [0.1, 0.15) is 45.6 Å². The zero-order valence-electron chi connectivity index (χ0n) is 20.4. The van der Waals surface area contributed by atoms with E-state index in [1.54, 1.807) is 0 Å². The van der Waals surface area contributed by atoms with Gasteiger partial charge in [-0.2, -0.15) is 0 Å². The average Bonchev–Trinajstić information content (AvgIpc) is 3.12. The predicted molar refractivity (Wildman–Crippen MR) is 137 cm³/mol. The van der Waals surface area contributed by atoms with Gasteiger partial charge in [-0.1, -0.05) is 19.1 Å². The molecule has 0 unspecified atom stereocenters. The fourth-order valence-corrected chi connectivity index (χ4v) is 5.43. The number of anilines is 1. The van der Waals surface area contributed by atoms with Crippen LogP contribution in [0.5, 0.6) is 0 Å². The van der Waals surface area contributed by atoms with Gasteiger partial charge >= 0.3 is 0 Å². The van der Waals surface area contributed by atoms with Gasteiger partial charge in [0.15, 0.2) is 5.82 Å². The molecule has 0 amide bonds. The quantitative estimate of drug-likeness (QED) is 0.622. The molecule has 6 nitrogen and oxygen atoms in total. The molecule has 0 atom stereocenters. The second-order valence-corrected chi connectivity index (χ2v) is 9.91. The second kappa shape index (κ2) is 9.82. The molecule has 5 rings (SSSR count). The topological polar surface area (TPSA) is 51.3 Å². The van der Waals surface area contributed by atoms with Crippen molar-refractivity contribution in [3.8, 4) is 11.5 Å². The number of pyridine rings is 1. The monoisotopic (exact) mass is 446 g/mol. The van der Waals surface area contributed by atoms with E-state index in [0.29, 0.717) is 6.04 Å². The number of aromatic amines is 1. The third-order valence-electron chi connectivity index (χ3n) is 7.53. The molecular weight excluding hydrogens is 408 g/mol. The van der Waals surface area contributed by atoms with E-state index in [-0.39, 0.29) is 0 Å². The Morgan fingerprint density at radius 1 is 0.970 bits per heavy atom. The lowest BCUT2D eigenvalue weighted by Gasteiger charge is -2.39. The van der Waals surface area contributed by atoms with Crippen molar-refractivity contribution >= 4 is 16.9 Å². The number of piperidine rings is 1. The number of aromatic nitrogens is 3. The summed E-state index contributed by atoms with van der Waals surface area (Å²) in [7, 11) is 0. The molecule has 4 heterocycles. The highest BCUT2D eigenvalue weighted by atomic mass is 15.3. The van der Waals surface area contributed by atoms with Gasteiger partial charge in [-0.25, -0.2) is 9.97 Å². The minimum atomic E-state index is 0.671. The average molecular weight is 447 g/mol. The number of rotatable bonds is 5. The molecule has 0 saturated carbocycles. The van der Waals surface area contributed by atoms with Crippen LogP contribution in [0.3, 0.4) is 0 Å². The summed E-state index contributed by atoms with van der Waals surface area (Å²) in [5.74, 6) is 1.92. The lowest BCUT2D eigenvalue weighted by molar-refractivity contribution is 0.0965. The number of imidazole rings is 1. The molecule has 2 aliphatic heterocycles. The van der Waals surface area contributed by atoms with Gasteiger partial charge in [-0.3, -0.25) is 4.90 Å². The molecule has 2 fully saturated rings. The lowest BCUT2D eigenvalue weighted by Crippen LogP contribution is -2.47. The van der Waals surface area contributed by atoms with Crippen molar-refractivity contribution in [1.82, 2.24) is 24.8 Å². The second-order valence-electron chi connectivity index (χ2n) is 9.91. The van der Waals surface area contributed by atoms with Crippen molar-refractivity contribution in [2.24, 2.45) is 0 Å². The van der Waals surface area contributed by atoms with Gasteiger partial charge in [-0.05, 0) is 82.4 Å². The summed E-state index contributed by atoms with van der Waals surface area (Å²) in [6.07, 6.45) is 4.83. The molecule has 176 valence electrons. The summed E-state index contributed by atoms with van der Waals surface area (Å²) >= 11 is 0. The lowest BCUT2D eigenvalue weighted by atomic mass is 10.0. The summed E-state index contributed by atoms with van der Waals surface area (Å²) in [6, 6.07) is 14.2. The Balaban J connectivity index is 1.26. The predicted octanol–water partition coefficient (Wildman–Crippen LogP) is 4.57. The number of aryl methyl sites for hydroxylation is 1. The standard InChI is InChI=1S/C27H38N6/c1-4-21-9-10-23-25(19-21)30-27(29-23)24-7-5-8-26(28-24)33-14-6-13-32(17-18-33)22-11-15-31(16-12-22)20(2)3/h5,7-10,19-20,22H,4,6,11-18H2,1-3H3,(H,29,30). The third-order valence-corrected chi connectivity index (χ3v) is 7.53. The molecule has 2 aliphatic rings. The Labute approximate surface area is 198 Å². The van der Waals surface area contributed by atoms with E-state index in [0.717, 1.165) is 60.5 Å². The molecule has 2 saturated heterocycles.